The fraction of sp³-hybridized carbons (Fsp3) is 0.533. The molecular formula is C15H20BrNO2. The van der Waals surface area contributed by atoms with Gasteiger partial charge in [-0.2, -0.15) is 0 Å². The van der Waals surface area contributed by atoms with Crippen LogP contribution in [0, 0.1) is 12.3 Å². The van der Waals surface area contributed by atoms with Crippen LogP contribution in [0.15, 0.2) is 24.3 Å². The summed E-state index contributed by atoms with van der Waals surface area (Å²) < 4.78 is 0. The molecule has 1 aromatic rings. The lowest BCUT2D eigenvalue weighted by atomic mass is 9.82. The molecule has 1 aliphatic heterocycles. The SMILES string of the molecule is Cc1ccc(CCC(=O)N2CC(CO)(CBr)C2)cc1. The maximum absolute atomic E-state index is 12.0. The fourth-order valence-electron chi connectivity index (χ4n) is 2.33. The van der Waals surface area contributed by atoms with Gasteiger partial charge in [0.05, 0.1) is 6.61 Å². The van der Waals surface area contributed by atoms with Gasteiger partial charge in [0.25, 0.3) is 0 Å². The Morgan fingerprint density at radius 2 is 2.00 bits per heavy atom. The lowest BCUT2D eigenvalue weighted by Gasteiger charge is -2.48. The minimum atomic E-state index is -0.112. The summed E-state index contributed by atoms with van der Waals surface area (Å²) in [5.41, 5.74) is 2.33. The van der Waals surface area contributed by atoms with Gasteiger partial charge in [0.2, 0.25) is 5.91 Å². The zero-order chi connectivity index (χ0) is 13.9. The zero-order valence-electron chi connectivity index (χ0n) is 11.2. The Balaban J connectivity index is 1.79. The molecule has 0 bridgehead atoms. The lowest BCUT2D eigenvalue weighted by molar-refractivity contribution is -0.144. The number of carbonyl (C=O) groups is 1. The number of hydrogen-bond acceptors (Lipinski definition) is 2. The van der Waals surface area contributed by atoms with Gasteiger partial charge >= 0.3 is 0 Å². The van der Waals surface area contributed by atoms with Gasteiger partial charge in [0.15, 0.2) is 0 Å². The molecule has 19 heavy (non-hydrogen) atoms. The summed E-state index contributed by atoms with van der Waals surface area (Å²) >= 11 is 3.40. The van der Waals surface area contributed by atoms with Crippen molar-refractivity contribution >= 4 is 21.8 Å². The molecule has 1 amide bonds. The second kappa shape index (κ2) is 6.06. The molecule has 1 heterocycles. The first kappa shape index (κ1) is 14.5. The number of rotatable bonds is 5. The van der Waals surface area contributed by atoms with E-state index in [1.807, 2.05) is 4.90 Å². The molecule has 1 aliphatic rings. The standard InChI is InChI=1S/C15H20BrNO2/c1-12-2-4-13(5-3-12)6-7-14(19)17-9-15(8-16,10-17)11-18/h2-5,18H,6-11H2,1H3. The summed E-state index contributed by atoms with van der Waals surface area (Å²) in [6.45, 7) is 3.53. The summed E-state index contributed by atoms with van der Waals surface area (Å²) in [5, 5.41) is 10.1. The molecule has 4 heteroatoms. The van der Waals surface area contributed by atoms with Crippen LogP contribution >= 0.6 is 15.9 Å². The highest BCUT2D eigenvalue weighted by Gasteiger charge is 2.43. The maximum atomic E-state index is 12.0. The van der Waals surface area contributed by atoms with Crippen molar-refractivity contribution < 1.29 is 9.90 Å². The molecule has 3 nitrogen and oxygen atoms in total. The Morgan fingerprint density at radius 3 is 2.53 bits per heavy atom. The van der Waals surface area contributed by atoms with Crippen LogP contribution in [-0.4, -0.2) is 40.9 Å². The van der Waals surface area contributed by atoms with Crippen LogP contribution in [0.25, 0.3) is 0 Å². The van der Waals surface area contributed by atoms with E-state index < -0.39 is 0 Å². The van der Waals surface area contributed by atoms with E-state index in [1.165, 1.54) is 11.1 Å². The number of nitrogens with zero attached hydrogens (tertiary/aromatic N) is 1. The molecule has 1 fully saturated rings. The van der Waals surface area contributed by atoms with E-state index in [0.29, 0.717) is 19.5 Å². The summed E-state index contributed by atoms with van der Waals surface area (Å²) in [6, 6.07) is 8.31. The molecule has 0 saturated carbocycles. The van der Waals surface area contributed by atoms with Crippen LogP contribution in [-0.2, 0) is 11.2 Å². The number of amides is 1. The molecule has 0 radical (unpaired) electrons. The number of halogens is 1. The maximum Gasteiger partial charge on any atom is 0.222 e. The fourth-order valence-corrected chi connectivity index (χ4v) is 2.86. The Hall–Kier alpha value is -0.870. The molecule has 2 rings (SSSR count). The number of hydrogen-bond donors (Lipinski definition) is 1. The van der Waals surface area contributed by atoms with E-state index in [9.17, 15) is 9.90 Å². The molecule has 104 valence electrons. The number of benzene rings is 1. The normalized spacial score (nSPS) is 17.1. The topological polar surface area (TPSA) is 40.5 Å². The van der Waals surface area contributed by atoms with E-state index in [4.69, 9.17) is 0 Å². The average molecular weight is 326 g/mol. The third-order valence-electron chi connectivity index (χ3n) is 3.77. The van der Waals surface area contributed by atoms with Gasteiger partial charge in [-0.05, 0) is 18.9 Å². The van der Waals surface area contributed by atoms with Crippen molar-refractivity contribution in [2.24, 2.45) is 5.41 Å². The van der Waals surface area contributed by atoms with Crippen LogP contribution in [0.4, 0.5) is 0 Å². The molecule has 0 unspecified atom stereocenters. The number of carbonyl (C=O) groups excluding carboxylic acids is 1. The van der Waals surface area contributed by atoms with Gasteiger partial charge < -0.3 is 10.0 Å². The largest absolute Gasteiger partial charge is 0.396 e. The van der Waals surface area contributed by atoms with Gasteiger partial charge in [0, 0.05) is 30.3 Å². The molecular weight excluding hydrogens is 306 g/mol. The number of aryl methyl sites for hydroxylation is 2. The van der Waals surface area contributed by atoms with Gasteiger partial charge in [-0.15, -0.1) is 0 Å². The smallest absolute Gasteiger partial charge is 0.222 e. The number of aliphatic hydroxyl groups excluding tert-OH is 1. The average Bonchev–Trinajstić information content (AvgIpc) is 2.38. The Bertz CT molecular complexity index is 432. The molecule has 0 aromatic heterocycles. The van der Waals surface area contributed by atoms with Crippen molar-refractivity contribution in [3.05, 3.63) is 35.4 Å². The third kappa shape index (κ3) is 3.37. The van der Waals surface area contributed by atoms with Crippen molar-refractivity contribution in [1.82, 2.24) is 4.90 Å². The van der Waals surface area contributed by atoms with Crippen LogP contribution in [0.1, 0.15) is 17.5 Å². The van der Waals surface area contributed by atoms with Crippen molar-refractivity contribution in [2.75, 3.05) is 25.0 Å². The van der Waals surface area contributed by atoms with Crippen LogP contribution < -0.4 is 0 Å². The van der Waals surface area contributed by atoms with Gasteiger partial charge in [-0.3, -0.25) is 4.79 Å². The number of likely N-dealkylation sites (tertiary alicyclic amines) is 1. The van der Waals surface area contributed by atoms with E-state index >= 15 is 0 Å². The van der Waals surface area contributed by atoms with Crippen LogP contribution in [0.3, 0.4) is 0 Å². The highest BCUT2D eigenvalue weighted by atomic mass is 79.9. The minimum absolute atomic E-state index is 0.112. The van der Waals surface area contributed by atoms with Crippen molar-refractivity contribution in [3.63, 3.8) is 0 Å². The van der Waals surface area contributed by atoms with Crippen molar-refractivity contribution in [1.29, 1.82) is 0 Å². The van der Waals surface area contributed by atoms with Gasteiger partial charge in [-0.1, -0.05) is 45.8 Å². The quantitative estimate of drug-likeness (QED) is 0.843. The zero-order valence-corrected chi connectivity index (χ0v) is 12.8. The second-order valence-corrected chi connectivity index (χ2v) is 6.09. The summed E-state index contributed by atoms with van der Waals surface area (Å²) in [7, 11) is 0. The van der Waals surface area contributed by atoms with E-state index in [0.717, 1.165) is 11.8 Å². The van der Waals surface area contributed by atoms with E-state index in [2.05, 4.69) is 47.1 Å². The first-order chi connectivity index (χ1) is 9.08. The molecule has 1 N–H and O–H groups in total. The lowest BCUT2D eigenvalue weighted by Crippen LogP contribution is -2.61. The molecule has 0 aliphatic carbocycles. The highest BCUT2D eigenvalue weighted by Crippen LogP contribution is 2.32. The predicted molar refractivity (Wildman–Crippen MR) is 79.4 cm³/mol. The Labute approximate surface area is 122 Å². The third-order valence-corrected chi connectivity index (χ3v) is 4.96. The number of alkyl halides is 1. The predicted octanol–water partition coefficient (Wildman–Crippen LogP) is 2.14. The van der Waals surface area contributed by atoms with Gasteiger partial charge in [0.1, 0.15) is 0 Å². The molecule has 0 atom stereocenters. The highest BCUT2D eigenvalue weighted by molar-refractivity contribution is 9.09. The molecule has 1 aromatic carbocycles. The first-order valence-electron chi connectivity index (χ1n) is 6.59. The van der Waals surface area contributed by atoms with E-state index in [-0.39, 0.29) is 17.9 Å². The van der Waals surface area contributed by atoms with Crippen molar-refractivity contribution in [3.8, 4) is 0 Å². The molecule has 0 spiro atoms. The van der Waals surface area contributed by atoms with E-state index in [1.54, 1.807) is 0 Å². The monoisotopic (exact) mass is 325 g/mol. The minimum Gasteiger partial charge on any atom is -0.396 e. The Kier molecular flexibility index (Phi) is 4.63. The van der Waals surface area contributed by atoms with Crippen LogP contribution in [0.2, 0.25) is 0 Å². The first-order valence-corrected chi connectivity index (χ1v) is 7.71. The van der Waals surface area contributed by atoms with Gasteiger partial charge in [-0.25, -0.2) is 0 Å². The molecule has 1 saturated heterocycles. The summed E-state index contributed by atoms with van der Waals surface area (Å²) in [4.78, 5) is 13.9. The number of aliphatic hydroxyl groups is 1. The second-order valence-electron chi connectivity index (χ2n) is 5.53. The Morgan fingerprint density at radius 1 is 1.37 bits per heavy atom. The summed E-state index contributed by atoms with van der Waals surface area (Å²) in [5.74, 6) is 0.186. The van der Waals surface area contributed by atoms with Crippen LogP contribution in [0.5, 0.6) is 0 Å². The summed E-state index contributed by atoms with van der Waals surface area (Å²) in [6.07, 6.45) is 1.34. The van der Waals surface area contributed by atoms with Crippen molar-refractivity contribution in [2.45, 2.75) is 19.8 Å².